The van der Waals surface area contributed by atoms with Crippen LogP contribution in [0, 0.1) is 15.5 Å². The zero-order valence-corrected chi connectivity index (χ0v) is 22.9. The lowest BCUT2D eigenvalue weighted by molar-refractivity contribution is -0.384. The van der Waals surface area contributed by atoms with Gasteiger partial charge in [0.25, 0.3) is 5.69 Å². The minimum atomic E-state index is -0.929. The predicted molar refractivity (Wildman–Crippen MR) is 142 cm³/mol. The SMILES string of the molecule is CSc1ccc(OC(SC(=O)C(C)(C)C)=C(C(=O)OCc2ccc([N+](=O)[O-])cc2)N2C(=O)CC2Cl)cc1. The number of benzene rings is 2. The van der Waals surface area contributed by atoms with Gasteiger partial charge in [0, 0.05) is 22.4 Å². The van der Waals surface area contributed by atoms with Crippen molar-refractivity contribution in [2.75, 3.05) is 6.26 Å². The molecule has 9 nitrogen and oxygen atoms in total. The number of ether oxygens (including phenoxy) is 2. The Hall–Kier alpha value is -3.02. The number of carbonyl (C=O) groups excluding carboxylic acids is 3. The zero-order valence-electron chi connectivity index (χ0n) is 20.6. The molecule has 2 aromatic rings. The smallest absolute Gasteiger partial charge is 0.359 e. The van der Waals surface area contributed by atoms with Gasteiger partial charge in [-0.1, -0.05) is 32.4 Å². The van der Waals surface area contributed by atoms with Gasteiger partial charge in [0.15, 0.2) is 10.8 Å². The number of nitro groups is 1. The lowest BCUT2D eigenvalue weighted by Crippen LogP contribution is -2.51. The van der Waals surface area contributed by atoms with Gasteiger partial charge in [-0.05, 0) is 60.0 Å². The van der Waals surface area contributed by atoms with E-state index in [4.69, 9.17) is 21.1 Å². The summed E-state index contributed by atoms with van der Waals surface area (Å²) >= 11 is 8.50. The average molecular weight is 565 g/mol. The number of hydrogen-bond acceptors (Lipinski definition) is 9. The fraction of sp³-hybridized carbons (Fsp3) is 0.320. The molecule has 1 heterocycles. The number of nitrogens with zero attached hydrogens (tertiary/aromatic N) is 2. The van der Waals surface area contributed by atoms with E-state index in [0.29, 0.717) is 23.1 Å². The molecule has 1 saturated heterocycles. The van der Waals surface area contributed by atoms with E-state index in [0.717, 1.165) is 9.80 Å². The Morgan fingerprint density at radius 2 is 1.76 bits per heavy atom. The van der Waals surface area contributed by atoms with Gasteiger partial charge < -0.3 is 9.47 Å². The van der Waals surface area contributed by atoms with Crippen LogP contribution < -0.4 is 4.74 Å². The maximum absolute atomic E-state index is 13.3. The van der Waals surface area contributed by atoms with Crippen molar-refractivity contribution in [2.45, 2.75) is 44.2 Å². The molecule has 0 radical (unpaired) electrons. The molecule has 0 bridgehead atoms. The van der Waals surface area contributed by atoms with Gasteiger partial charge in [0.1, 0.15) is 17.9 Å². The fourth-order valence-electron chi connectivity index (χ4n) is 2.96. The summed E-state index contributed by atoms with van der Waals surface area (Å²) in [5.41, 5.74) is -1.50. The van der Waals surface area contributed by atoms with Crippen molar-refractivity contribution in [3.05, 3.63) is 75.0 Å². The molecule has 37 heavy (non-hydrogen) atoms. The van der Waals surface area contributed by atoms with Crippen LogP contribution in [0.1, 0.15) is 32.8 Å². The van der Waals surface area contributed by atoms with Crippen LogP contribution >= 0.6 is 35.1 Å². The number of amides is 1. The Morgan fingerprint density at radius 3 is 2.24 bits per heavy atom. The molecule has 0 aromatic heterocycles. The van der Waals surface area contributed by atoms with Crippen LogP contribution in [0.4, 0.5) is 5.69 Å². The topological polar surface area (TPSA) is 116 Å². The molecule has 1 amide bonds. The number of alkyl halides is 1. The van der Waals surface area contributed by atoms with Crippen LogP contribution in [-0.2, 0) is 25.7 Å². The van der Waals surface area contributed by atoms with Crippen molar-refractivity contribution in [1.82, 2.24) is 4.90 Å². The number of thioether (sulfide) groups is 2. The van der Waals surface area contributed by atoms with Crippen LogP contribution in [0.2, 0.25) is 0 Å². The van der Waals surface area contributed by atoms with Crippen molar-refractivity contribution in [3.8, 4) is 5.75 Å². The van der Waals surface area contributed by atoms with E-state index in [2.05, 4.69) is 0 Å². The summed E-state index contributed by atoms with van der Waals surface area (Å²) in [5.74, 6) is -1.01. The molecule has 0 N–H and O–H groups in total. The van der Waals surface area contributed by atoms with Gasteiger partial charge in [-0.25, -0.2) is 4.79 Å². The van der Waals surface area contributed by atoms with Crippen molar-refractivity contribution in [3.63, 3.8) is 0 Å². The molecule has 0 aliphatic carbocycles. The third-order valence-corrected chi connectivity index (χ3v) is 7.46. The van der Waals surface area contributed by atoms with E-state index in [1.807, 2.05) is 18.4 Å². The number of hydrogen-bond donors (Lipinski definition) is 0. The van der Waals surface area contributed by atoms with Gasteiger partial charge in [0.2, 0.25) is 11.0 Å². The Labute approximate surface area is 227 Å². The molecule has 3 rings (SSSR count). The molecule has 12 heteroatoms. The number of likely N-dealkylation sites (tertiary alicyclic amines) is 1. The Morgan fingerprint density at radius 1 is 1.14 bits per heavy atom. The van der Waals surface area contributed by atoms with Crippen LogP contribution in [0.5, 0.6) is 5.75 Å². The van der Waals surface area contributed by atoms with E-state index < -0.39 is 27.7 Å². The summed E-state index contributed by atoms with van der Waals surface area (Å²) in [6.45, 7) is 4.93. The Kier molecular flexibility index (Phi) is 9.27. The maximum atomic E-state index is 13.3. The lowest BCUT2D eigenvalue weighted by Gasteiger charge is -2.37. The number of β-lactam (4-membered cyclic amide) rings is 1. The van der Waals surface area contributed by atoms with Crippen molar-refractivity contribution in [1.29, 1.82) is 0 Å². The van der Waals surface area contributed by atoms with E-state index in [1.165, 1.54) is 36.0 Å². The average Bonchev–Trinajstić information content (AvgIpc) is 2.85. The van der Waals surface area contributed by atoms with Crippen molar-refractivity contribution in [2.24, 2.45) is 5.41 Å². The third kappa shape index (κ3) is 7.27. The molecule has 2 aromatic carbocycles. The monoisotopic (exact) mass is 564 g/mol. The second-order valence-corrected chi connectivity index (χ2v) is 11.3. The van der Waals surface area contributed by atoms with Crippen molar-refractivity contribution < 1.29 is 28.8 Å². The van der Waals surface area contributed by atoms with Gasteiger partial charge in [0.05, 0.1) is 11.3 Å². The molecule has 1 aliphatic rings. The first-order valence-corrected chi connectivity index (χ1v) is 13.5. The summed E-state index contributed by atoms with van der Waals surface area (Å²) in [5, 5.41) is 10.4. The van der Waals surface area contributed by atoms with E-state index >= 15 is 0 Å². The van der Waals surface area contributed by atoms with E-state index in [-0.39, 0.29) is 34.6 Å². The number of halogens is 1. The molecule has 0 spiro atoms. The minimum absolute atomic E-state index is 0.00821. The molecular formula is C25H25ClN2O7S2. The maximum Gasteiger partial charge on any atom is 0.359 e. The number of esters is 1. The first-order valence-electron chi connectivity index (χ1n) is 11.1. The quantitative estimate of drug-likeness (QED) is 0.0434. The predicted octanol–water partition coefficient (Wildman–Crippen LogP) is 5.71. The number of non-ortho nitro benzene ring substituents is 1. The first kappa shape index (κ1) is 28.5. The van der Waals surface area contributed by atoms with Crippen LogP contribution in [0.25, 0.3) is 0 Å². The van der Waals surface area contributed by atoms with Crippen LogP contribution in [0.3, 0.4) is 0 Å². The molecule has 0 saturated carbocycles. The molecular weight excluding hydrogens is 540 g/mol. The van der Waals surface area contributed by atoms with E-state index in [1.54, 1.807) is 32.9 Å². The third-order valence-electron chi connectivity index (χ3n) is 5.10. The summed E-state index contributed by atoms with van der Waals surface area (Å²) < 4.78 is 11.4. The first-order chi connectivity index (χ1) is 17.4. The standard InChI is InChI=1S/C25H25ClN2O7S2/c1-25(2,3)24(31)37-23(35-17-9-11-18(36-4)12-10-17)21(27-19(26)13-20(27)29)22(30)34-14-15-5-7-16(8-6-15)28(32)33/h5-12,19H,13-14H2,1-4H3. The van der Waals surface area contributed by atoms with Crippen LogP contribution in [-0.4, -0.2) is 38.6 Å². The summed E-state index contributed by atoms with van der Waals surface area (Å²) in [4.78, 5) is 51.1. The molecule has 1 atom stereocenters. The second-order valence-electron chi connectivity index (χ2n) is 8.96. The normalized spacial score (nSPS) is 16.0. The summed E-state index contributed by atoms with van der Waals surface area (Å²) in [7, 11) is 0. The molecule has 1 fully saturated rings. The lowest BCUT2D eigenvalue weighted by atomic mass is 10.00. The molecule has 196 valence electrons. The van der Waals surface area contributed by atoms with Gasteiger partial charge in [-0.2, -0.15) is 0 Å². The highest BCUT2D eigenvalue weighted by Gasteiger charge is 2.43. The number of rotatable bonds is 9. The van der Waals surface area contributed by atoms with Gasteiger partial charge in [-0.15, -0.1) is 11.8 Å². The molecule has 1 aliphatic heterocycles. The highest BCUT2D eigenvalue weighted by Crippen LogP contribution is 2.38. The summed E-state index contributed by atoms with van der Waals surface area (Å²) in [6.07, 6.45) is 1.93. The number of carbonyl (C=O) groups is 3. The van der Waals surface area contributed by atoms with Gasteiger partial charge in [-0.3, -0.25) is 24.6 Å². The summed E-state index contributed by atoms with van der Waals surface area (Å²) in [6, 6.07) is 12.5. The van der Waals surface area contributed by atoms with Crippen molar-refractivity contribution >= 4 is 57.8 Å². The minimum Gasteiger partial charge on any atom is -0.456 e. The Bertz CT molecular complexity index is 1230. The van der Waals surface area contributed by atoms with E-state index in [9.17, 15) is 24.5 Å². The number of nitro benzene ring substituents is 1. The highest BCUT2D eigenvalue weighted by molar-refractivity contribution is 8.16. The van der Waals surface area contributed by atoms with Crippen LogP contribution in [0.15, 0.2) is 64.2 Å². The zero-order chi connectivity index (χ0) is 27.3. The highest BCUT2D eigenvalue weighted by atomic mass is 35.5. The molecule has 1 unspecified atom stereocenters. The van der Waals surface area contributed by atoms with Gasteiger partial charge >= 0.3 is 5.97 Å². The second kappa shape index (κ2) is 12.0. The largest absolute Gasteiger partial charge is 0.456 e. The Balaban J connectivity index is 1.98. The fourth-order valence-corrected chi connectivity index (χ4v) is 4.60.